The van der Waals surface area contributed by atoms with Crippen molar-refractivity contribution in [2.24, 2.45) is 17.3 Å². The molecule has 0 aromatic heterocycles. The first-order valence-electron chi connectivity index (χ1n) is 7.37. The summed E-state index contributed by atoms with van der Waals surface area (Å²) >= 11 is 0. The minimum Gasteiger partial charge on any atom is -0.466 e. The molecule has 0 bridgehead atoms. The van der Waals surface area contributed by atoms with E-state index in [1.54, 1.807) is 0 Å². The molecule has 1 aliphatic carbocycles. The van der Waals surface area contributed by atoms with Crippen LogP contribution in [0.25, 0.3) is 0 Å². The largest absolute Gasteiger partial charge is 0.466 e. The molecule has 1 aliphatic heterocycles. The fourth-order valence-corrected chi connectivity index (χ4v) is 3.28. The Morgan fingerprint density at radius 1 is 1.25 bits per heavy atom. The lowest BCUT2D eigenvalue weighted by Gasteiger charge is -2.46. The highest BCUT2D eigenvalue weighted by Crippen LogP contribution is 2.53. The zero-order valence-electron chi connectivity index (χ0n) is 12.8. The van der Waals surface area contributed by atoms with E-state index in [-0.39, 0.29) is 29.2 Å². The van der Waals surface area contributed by atoms with Gasteiger partial charge in [-0.2, -0.15) is 0 Å². The summed E-state index contributed by atoms with van der Waals surface area (Å²) in [5.74, 6) is -0.482. The molecule has 1 saturated heterocycles. The van der Waals surface area contributed by atoms with E-state index in [2.05, 4.69) is 5.32 Å². The Hall–Kier alpha value is -1.10. The van der Waals surface area contributed by atoms with E-state index < -0.39 is 5.60 Å². The van der Waals surface area contributed by atoms with Crippen molar-refractivity contribution in [3.63, 3.8) is 0 Å². The molecule has 1 saturated carbocycles. The van der Waals surface area contributed by atoms with E-state index in [1.165, 1.54) is 0 Å². The maximum atomic E-state index is 12.0. The van der Waals surface area contributed by atoms with Crippen molar-refractivity contribution in [3.8, 4) is 0 Å². The quantitative estimate of drug-likeness (QED) is 0.795. The number of hydrogen-bond donors (Lipinski definition) is 1. The standard InChI is InChI=1S/C15H25NO4/c1-5-19-13(18)11-8-16-9-15(11)6-10(7-15)12(17)20-14(2,3)4/h10-11,16H,5-9H2,1-4H3. The van der Waals surface area contributed by atoms with Crippen LogP contribution in [0.3, 0.4) is 0 Å². The van der Waals surface area contributed by atoms with Crippen LogP contribution in [-0.2, 0) is 19.1 Å². The van der Waals surface area contributed by atoms with E-state index in [4.69, 9.17) is 9.47 Å². The van der Waals surface area contributed by atoms with Crippen LogP contribution < -0.4 is 5.32 Å². The average molecular weight is 283 g/mol. The Balaban J connectivity index is 1.93. The second-order valence-electron chi connectivity index (χ2n) is 6.94. The van der Waals surface area contributed by atoms with Crippen LogP contribution in [0, 0.1) is 17.3 Å². The van der Waals surface area contributed by atoms with Crippen molar-refractivity contribution in [2.45, 2.75) is 46.1 Å². The Morgan fingerprint density at radius 3 is 2.45 bits per heavy atom. The van der Waals surface area contributed by atoms with E-state index in [0.717, 1.165) is 19.4 Å². The molecule has 2 rings (SSSR count). The molecular weight excluding hydrogens is 258 g/mol. The van der Waals surface area contributed by atoms with Gasteiger partial charge in [0.15, 0.2) is 0 Å². The van der Waals surface area contributed by atoms with Gasteiger partial charge in [0.25, 0.3) is 0 Å². The predicted molar refractivity (Wildman–Crippen MR) is 74.0 cm³/mol. The first kappa shape index (κ1) is 15.3. The number of carbonyl (C=O) groups is 2. The smallest absolute Gasteiger partial charge is 0.310 e. The summed E-state index contributed by atoms with van der Waals surface area (Å²) in [5, 5.41) is 3.26. The molecule has 1 spiro atoms. The Morgan fingerprint density at radius 2 is 1.90 bits per heavy atom. The van der Waals surface area contributed by atoms with Gasteiger partial charge in [0, 0.05) is 13.1 Å². The highest BCUT2D eigenvalue weighted by molar-refractivity contribution is 5.78. The van der Waals surface area contributed by atoms with Gasteiger partial charge < -0.3 is 14.8 Å². The maximum absolute atomic E-state index is 12.0. The normalized spacial score (nSPS) is 32.8. The van der Waals surface area contributed by atoms with Gasteiger partial charge in [-0.05, 0) is 46.0 Å². The van der Waals surface area contributed by atoms with Crippen LogP contribution in [0.1, 0.15) is 40.5 Å². The highest BCUT2D eigenvalue weighted by atomic mass is 16.6. The average Bonchev–Trinajstić information content (AvgIpc) is 2.68. The molecule has 1 heterocycles. The Bertz CT molecular complexity index is 393. The zero-order valence-corrected chi connectivity index (χ0v) is 12.8. The van der Waals surface area contributed by atoms with Crippen LogP contribution in [0.4, 0.5) is 0 Å². The van der Waals surface area contributed by atoms with Crippen molar-refractivity contribution in [1.82, 2.24) is 5.32 Å². The predicted octanol–water partition coefficient (Wildman–Crippen LogP) is 1.51. The van der Waals surface area contributed by atoms with Gasteiger partial charge in [0.1, 0.15) is 5.60 Å². The molecule has 1 N–H and O–H groups in total. The molecule has 114 valence electrons. The first-order valence-corrected chi connectivity index (χ1v) is 7.37. The van der Waals surface area contributed by atoms with Crippen LogP contribution >= 0.6 is 0 Å². The fourth-order valence-electron chi connectivity index (χ4n) is 3.28. The molecule has 2 fully saturated rings. The van der Waals surface area contributed by atoms with Gasteiger partial charge in [-0.25, -0.2) is 0 Å². The van der Waals surface area contributed by atoms with E-state index in [0.29, 0.717) is 13.2 Å². The molecule has 1 atom stereocenters. The molecule has 0 amide bonds. The molecular formula is C15H25NO4. The third-order valence-electron chi connectivity index (χ3n) is 4.18. The lowest BCUT2D eigenvalue weighted by atomic mass is 9.57. The van der Waals surface area contributed by atoms with Gasteiger partial charge >= 0.3 is 11.9 Å². The second-order valence-corrected chi connectivity index (χ2v) is 6.94. The number of ether oxygens (including phenoxy) is 2. The van der Waals surface area contributed by atoms with Crippen LogP contribution in [0.5, 0.6) is 0 Å². The van der Waals surface area contributed by atoms with E-state index in [9.17, 15) is 9.59 Å². The second kappa shape index (κ2) is 5.35. The molecule has 1 unspecified atom stereocenters. The summed E-state index contributed by atoms with van der Waals surface area (Å²) in [4.78, 5) is 24.0. The van der Waals surface area contributed by atoms with Crippen LogP contribution in [0.15, 0.2) is 0 Å². The highest BCUT2D eigenvalue weighted by Gasteiger charge is 2.57. The molecule has 0 radical (unpaired) electrons. The number of esters is 2. The summed E-state index contributed by atoms with van der Waals surface area (Å²) in [6, 6.07) is 0. The van der Waals surface area contributed by atoms with Crippen molar-refractivity contribution in [2.75, 3.05) is 19.7 Å². The number of nitrogens with one attached hydrogen (secondary N) is 1. The SMILES string of the molecule is CCOC(=O)C1CNCC12CC(C(=O)OC(C)(C)C)C2. The molecule has 5 nitrogen and oxygen atoms in total. The molecule has 0 aromatic carbocycles. The third kappa shape index (κ3) is 2.97. The van der Waals surface area contributed by atoms with Crippen LogP contribution in [-0.4, -0.2) is 37.2 Å². The molecule has 20 heavy (non-hydrogen) atoms. The summed E-state index contributed by atoms with van der Waals surface area (Å²) < 4.78 is 10.6. The van der Waals surface area contributed by atoms with Crippen molar-refractivity contribution in [1.29, 1.82) is 0 Å². The van der Waals surface area contributed by atoms with Gasteiger partial charge in [-0.3, -0.25) is 9.59 Å². The fraction of sp³-hybridized carbons (Fsp3) is 0.867. The zero-order chi connectivity index (χ0) is 15.0. The minimum atomic E-state index is -0.450. The number of carbonyl (C=O) groups excluding carboxylic acids is 2. The van der Waals surface area contributed by atoms with Gasteiger partial charge in [-0.1, -0.05) is 0 Å². The third-order valence-corrected chi connectivity index (χ3v) is 4.18. The van der Waals surface area contributed by atoms with Gasteiger partial charge in [-0.15, -0.1) is 0 Å². The summed E-state index contributed by atoms with van der Waals surface area (Å²) in [6.07, 6.45) is 1.44. The molecule has 2 aliphatic rings. The van der Waals surface area contributed by atoms with Crippen molar-refractivity contribution in [3.05, 3.63) is 0 Å². The maximum Gasteiger partial charge on any atom is 0.310 e. The van der Waals surface area contributed by atoms with E-state index >= 15 is 0 Å². The Labute approximate surface area is 120 Å². The van der Waals surface area contributed by atoms with Crippen molar-refractivity contribution < 1.29 is 19.1 Å². The summed E-state index contributed by atoms with van der Waals surface area (Å²) in [6.45, 7) is 9.28. The Kier molecular flexibility index (Phi) is 4.09. The monoisotopic (exact) mass is 283 g/mol. The topological polar surface area (TPSA) is 64.6 Å². The lowest BCUT2D eigenvalue weighted by Crippen LogP contribution is -2.50. The molecule has 5 heteroatoms. The van der Waals surface area contributed by atoms with Gasteiger partial charge in [0.2, 0.25) is 0 Å². The first-order chi connectivity index (χ1) is 9.27. The van der Waals surface area contributed by atoms with E-state index in [1.807, 2.05) is 27.7 Å². The number of hydrogen-bond acceptors (Lipinski definition) is 5. The summed E-state index contributed by atoms with van der Waals surface area (Å²) in [7, 11) is 0. The summed E-state index contributed by atoms with van der Waals surface area (Å²) in [5.41, 5.74) is -0.553. The lowest BCUT2D eigenvalue weighted by molar-refractivity contribution is -0.173. The molecule has 0 aromatic rings. The number of rotatable bonds is 3. The minimum absolute atomic E-state index is 0.0777. The van der Waals surface area contributed by atoms with Crippen molar-refractivity contribution >= 4 is 11.9 Å². The van der Waals surface area contributed by atoms with Gasteiger partial charge in [0.05, 0.1) is 18.4 Å². The van der Waals surface area contributed by atoms with Crippen LogP contribution in [0.2, 0.25) is 0 Å².